The molecule has 3 aromatic rings. The number of halogens is 1. The molecule has 2 aromatic heterocycles. The normalized spacial score (nSPS) is 11.8. The fraction of sp³-hybridized carbons (Fsp3) is 0.111. The number of thiophene rings is 1. The molecule has 1 aromatic carbocycles. The first-order valence-corrected chi connectivity index (χ1v) is 9.01. The molecule has 0 aliphatic heterocycles. The Balaban J connectivity index is 1.98. The molecule has 9 heteroatoms. The van der Waals surface area contributed by atoms with E-state index < -0.39 is 24.0 Å². The van der Waals surface area contributed by atoms with Crippen molar-refractivity contribution in [1.82, 2.24) is 10.3 Å². The highest BCUT2D eigenvalue weighted by molar-refractivity contribution is 7.19. The third kappa shape index (κ3) is 4.24. The van der Waals surface area contributed by atoms with Crippen molar-refractivity contribution in [2.24, 2.45) is 5.73 Å². The van der Waals surface area contributed by atoms with E-state index in [4.69, 9.17) is 22.1 Å². The molecule has 0 unspecified atom stereocenters. The summed E-state index contributed by atoms with van der Waals surface area (Å²) >= 11 is 7.32. The van der Waals surface area contributed by atoms with Crippen LogP contribution >= 0.6 is 22.9 Å². The van der Waals surface area contributed by atoms with Gasteiger partial charge in [0.2, 0.25) is 0 Å². The van der Waals surface area contributed by atoms with Crippen LogP contribution in [-0.2, 0) is 9.53 Å². The molecule has 3 N–H and O–H groups in total. The number of carbonyl (C=O) groups excluding carboxylic acids is 3. The number of nitrogens with one attached hydrogen (secondary N) is 1. The van der Waals surface area contributed by atoms with Crippen LogP contribution in [0.2, 0.25) is 4.34 Å². The second kappa shape index (κ2) is 7.73. The predicted molar refractivity (Wildman–Crippen MR) is 103 cm³/mol. The topological polar surface area (TPSA) is 111 Å². The second-order valence-electron chi connectivity index (χ2n) is 5.58. The van der Waals surface area contributed by atoms with Crippen LogP contribution in [0, 0.1) is 0 Å². The van der Waals surface area contributed by atoms with Crippen molar-refractivity contribution in [3.63, 3.8) is 0 Å². The number of rotatable bonds is 4. The molecule has 7 nitrogen and oxygen atoms in total. The molecular formula is C18H14ClN3O4S. The highest BCUT2D eigenvalue weighted by Gasteiger charge is 2.22. The maximum absolute atomic E-state index is 12.7. The van der Waals surface area contributed by atoms with E-state index in [-0.39, 0.29) is 5.56 Å². The molecule has 2 heterocycles. The summed E-state index contributed by atoms with van der Waals surface area (Å²) in [5.41, 5.74) is 6.31. The van der Waals surface area contributed by atoms with E-state index in [2.05, 4.69) is 4.98 Å². The summed E-state index contributed by atoms with van der Waals surface area (Å²) in [6.07, 6.45) is -1.20. The molecule has 0 bridgehead atoms. The number of ether oxygens (including phenoxy) is 1. The number of aromatic nitrogens is 1. The number of para-hydroxylation sites is 1. The van der Waals surface area contributed by atoms with Gasteiger partial charge < -0.3 is 10.5 Å². The minimum atomic E-state index is -1.20. The van der Waals surface area contributed by atoms with Gasteiger partial charge in [0.05, 0.1) is 26.0 Å². The minimum Gasteiger partial charge on any atom is -0.449 e. The lowest BCUT2D eigenvalue weighted by molar-refractivity contribution is -0.127. The number of esters is 1. The fourth-order valence-electron chi connectivity index (χ4n) is 2.42. The van der Waals surface area contributed by atoms with E-state index >= 15 is 0 Å². The maximum Gasteiger partial charge on any atom is 0.339 e. The van der Waals surface area contributed by atoms with Crippen molar-refractivity contribution < 1.29 is 19.1 Å². The zero-order valence-electron chi connectivity index (χ0n) is 14.1. The molecule has 0 radical (unpaired) electrons. The van der Waals surface area contributed by atoms with E-state index in [1.807, 2.05) is 11.4 Å². The Bertz CT molecular complexity index is 1050. The van der Waals surface area contributed by atoms with E-state index in [0.717, 1.165) is 4.88 Å². The zero-order valence-corrected chi connectivity index (χ0v) is 15.6. The van der Waals surface area contributed by atoms with Crippen molar-refractivity contribution in [1.29, 1.82) is 0 Å². The third-order valence-corrected chi connectivity index (χ3v) is 4.91. The standard InChI is InChI=1S/C18H14ClN3O4S/c1-9(16(23)22-18(20)25)26-17(24)11-8-13(14-6-7-15(19)27-14)21-12-5-3-2-4-10(11)12/h2-9H,1H3,(H3,20,22,23,25)/t9-/m0/s1. The van der Waals surface area contributed by atoms with Crippen molar-refractivity contribution in [3.05, 3.63) is 52.4 Å². The van der Waals surface area contributed by atoms with Gasteiger partial charge in [0.1, 0.15) is 0 Å². The molecule has 3 amide bonds. The van der Waals surface area contributed by atoms with Gasteiger partial charge >= 0.3 is 12.0 Å². The van der Waals surface area contributed by atoms with Crippen molar-refractivity contribution >= 4 is 51.7 Å². The first kappa shape index (κ1) is 18.8. The number of pyridine rings is 1. The Morgan fingerprint density at radius 1 is 1.22 bits per heavy atom. The van der Waals surface area contributed by atoms with Crippen LogP contribution in [0.15, 0.2) is 42.5 Å². The Morgan fingerprint density at radius 2 is 1.96 bits per heavy atom. The number of nitrogens with zero attached hydrogens (tertiary/aromatic N) is 1. The van der Waals surface area contributed by atoms with Gasteiger partial charge in [0, 0.05) is 5.39 Å². The van der Waals surface area contributed by atoms with E-state index in [0.29, 0.717) is 20.9 Å². The lowest BCUT2D eigenvalue weighted by Gasteiger charge is -2.13. The molecule has 0 fully saturated rings. The maximum atomic E-state index is 12.7. The highest BCUT2D eigenvalue weighted by Crippen LogP contribution is 2.32. The molecule has 0 aliphatic rings. The van der Waals surface area contributed by atoms with Crippen LogP contribution in [0.4, 0.5) is 4.79 Å². The van der Waals surface area contributed by atoms with Crippen LogP contribution in [-0.4, -0.2) is 29.0 Å². The number of nitrogens with two attached hydrogens (primary N) is 1. The molecule has 27 heavy (non-hydrogen) atoms. The average Bonchev–Trinajstić information content (AvgIpc) is 3.06. The van der Waals surface area contributed by atoms with Gasteiger partial charge in [0.15, 0.2) is 6.10 Å². The Hall–Kier alpha value is -2.97. The van der Waals surface area contributed by atoms with Crippen molar-refractivity contribution in [3.8, 4) is 10.6 Å². The number of imide groups is 1. The fourth-order valence-corrected chi connectivity index (χ4v) is 3.43. The molecule has 0 aliphatic carbocycles. The molecule has 3 rings (SSSR count). The van der Waals surface area contributed by atoms with Gasteiger partial charge in [0.25, 0.3) is 5.91 Å². The van der Waals surface area contributed by atoms with E-state index in [1.165, 1.54) is 18.3 Å². The van der Waals surface area contributed by atoms with Crippen molar-refractivity contribution in [2.75, 3.05) is 0 Å². The Labute approximate surface area is 163 Å². The van der Waals surface area contributed by atoms with Crippen molar-refractivity contribution in [2.45, 2.75) is 13.0 Å². The number of amides is 3. The summed E-state index contributed by atoms with van der Waals surface area (Å²) in [6.45, 7) is 1.35. The summed E-state index contributed by atoms with van der Waals surface area (Å²) in [4.78, 5) is 40.6. The number of hydrogen-bond donors (Lipinski definition) is 2. The first-order valence-electron chi connectivity index (χ1n) is 7.82. The largest absolute Gasteiger partial charge is 0.449 e. The third-order valence-electron chi connectivity index (χ3n) is 3.66. The zero-order chi connectivity index (χ0) is 19.6. The summed E-state index contributed by atoms with van der Waals surface area (Å²) in [6, 6.07) is 11.2. The van der Waals surface area contributed by atoms with Gasteiger partial charge in [-0.3, -0.25) is 10.1 Å². The van der Waals surface area contributed by atoms with Gasteiger partial charge in [-0.25, -0.2) is 14.6 Å². The minimum absolute atomic E-state index is 0.249. The molecule has 0 saturated carbocycles. The van der Waals surface area contributed by atoms with Gasteiger partial charge in [-0.15, -0.1) is 11.3 Å². The molecule has 138 valence electrons. The molecule has 1 atom stereocenters. The summed E-state index contributed by atoms with van der Waals surface area (Å²) in [5.74, 6) is -1.52. The van der Waals surface area contributed by atoms with Gasteiger partial charge in [-0.05, 0) is 31.2 Å². The lowest BCUT2D eigenvalue weighted by atomic mass is 10.1. The lowest BCUT2D eigenvalue weighted by Crippen LogP contribution is -2.42. The summed E-state index contributed by atoms with van der Waals surface area (Å²) in [7, 11) is 0. The summed E-state index contributed by atoms with van der Waals surface area (Å²) in [5, 5.41) is 2.45. The number of hydrogen-bond acceptors (Lipinski definition) is 6. The molecular weight excluding hydrogens is 390 g/mol. The highest BCUT2D eigenvalue weighted by atomic mass is 35.5. The van der Waals surface area contributed by atoms with Crippen LogP contribution in [0.25, 0.3) is 21.5 Å². The Morgan fingerprint density at radius 3 is 2.63 bits per heavy atom. The number of benzene rings is 1. The first-order chi connectivity index (χ1) is 12.8. The van der Waals surface area contributed by atoms with Crippen LogP contribution in [0.5, 0.6) is 0 Å². The SMILES string of the molecule is C[C@H](OC(=O)c1cc(-c2ccc(Cl)s2)nc2ccccc12)C(=O)NC(N)=O. The van der Waals surface area contributed by atoms with Gasteiger partial charge in [-0.2, -0.15) is 0 Å². The average molecular weight is 404 g/mol. The number of urea groups is 1. The van der Waals surface area contributed by atoms with Crippen LogP contribution in [0.3, 0.4) is 0 Å². The monoisotopic (exact) mass is 403 g/mol. The van der Waals surface area contributed by atoms with E-state index in [1.54, 1.807) is 36.4 Å². The second-order valence-corrected chi connectivity index (χ2v) is 7.29. The quantitative estimate of drug-likeness (QED) is 0.649. The predicted octanol–water partition coefficient (Wildman–Crippen LogP) is 3.36. The molecule has 0 saturated heterocycles. The van der Waals surface area contributed by atoms with Crippen LogP contribution in [0.1, 0.15) is 17.3 Å². The number of carbonyl (C=O) groups is 3. The van der Waals surface area contributed by atoms with Crippen LogP contribution < -0.4 is 11.1 Å². The van der Waals surface area contributed by atoms with Gasteiger partial charge in [-0.1, -0.05) is 29.8 Å². The molecule has 0 spiro atoms. The number of primary amides is 1. The number of fused-ring (bicyclic) bond motifs is 1. The Kier molecular flexibility index (Phi) is 5.38. The van der Waals surface area contributed by atoms with E-state index in [9.17, 15) is 14.4 Å². The summed E-state index contributed by atoms with van der Waals surface area (Å²) < 4.78 is 5.79. The smallest absolute Gasteiger partial charge is 0.339 e.